The van der Waals surface area contributed by atoms with Crippen LogP contribution in [-0.2, 0) is 0 Å². The standard InChI is InChI=1S/C24H29FN6O2.2ClH/c1-30-7-3-4-20(30)19-10-15-14-27-22(13-18(15)28-19)29-24(32)23-17(25)11-16(12-21(23)33-2)31-8-5-26-6-9-31;;/h10-14,20,26,28H,3-9H2,1-2H3,(H,27,29,32);2*1H/t20-;;/m1../s1. The van der Waals surface area contributed by atoms with E-state index in [-0.39, 0.29) is 36.1 Å². The van der Waals surface area contributed by atoms with Gasteiger partial charge in [-0.2, -0.15) is 0 Å². The smallest absolute Gasteiger partial charge is 0.263 e. The van der Waals surface area contributed by atoms with Gasteiger partial charge in [-0.25, -0.2) is 9.37 Å². The third-order valence-corrected chi connectivity index (χ3v) is 6.61. The monoisotopic (exact) mass is 524 g/mol. The Morgan fingerprint density at radius 3 is 2.63 bits per heavy atom. The zero-order valence-corrected chi connectivity index (χ0v) is 21.4. The number of anilines is 2. The fraction of sp³-hybridized carbons (Fsp3) is 0.417. The number of hydrogen-bond donors (Lipinski definition) is 3. The molecule has 8 nitrogen and oxygen atoms in total. The number of ether oxygens (including phenoxy) is 1. The number of rotatable bonds is 5. The molecule has 1 atom stereocenters. The van der Waals surface area contributed by atoms with Gasteiger partial charge in [0.25, 0.3) is 5.91 Å². The van der Waals surface area contributed by atoms with Crippen molar-refractivity contribution >= 4 is 53.1 Å². The van der Waals surface area contributed by atoms with Crippen LogP contribution in [0.1, 0.15) is 34.9 Å². The number of amides is 1. The highest BCUT2D eigenvalue weighted by molar-refractivity contribution is 6.06. The number of hydrogen-bond acceptors (Lipinski definition) is 6. The van der Waals surface area contributed by atoms with Crippen molar-refractivity contribution in [2.75, 3.05) is 57.1 Å². The van der Waals surface area contributed by atoms with E-state index in [0.29, 0.717) is 17.5 Å². The van der Waals surface area contributed by atoms with Crippen molar-refractivity contribution in [3.63, 3.8) is 0 Å². The van der Waals surface area contributed by atoms with Gasteiger partial charge < -0.3 is 25.3 Å². The van der Waals surface area contributed by atoms with Gasteiger partial charge in [0.2, 0.25) is 0 Å². The van der Waals surface area contributed by atoms with E-state index in [1.807, 2.05) is 0 Å². The lowest BCUT2D eigenvalue weighted by Gasteiger charge is -2.30. The molecule has 4 heterocycles. The summed E-state index contributed by atoms with van der Waals surface area (Å²) in [5, 5.41) is 6.98. The number of pyridine rings is 1. The molecule has 0 radical (unpaired) electrons. The van der Waals surface area contributed by atoms with Gasteiger partial charge in [-0.3, -0.25) is 9.69 Å². The van der Waals surface area contributed by atoms with Gasteiger partial charge in [0.05, 0.1) is 12.6 Å². The van der Waals surface area contributed by atoms with Crippen molar-refractivity contribution in [1.29, 1.82) is 0 Å². The average molecular weight is 525 g/mol. The highest BCUT2D eigenvalue weighted by atomic mass is 35.5. The number of fused-ring (bicyclic) bond motifs is 1. The highest BCUT2D eigenvalue weighted by Gasteiger charge is 2.25. The summed E-state index contributed by atoms with van der Waals surface area (Å²) in [6.45, 7) is 4.29. The molecule has 0 bridgehead atoms. The number of likely N-dealkylation sites (tertiary alicyclic amines) is 1. The van der Waals surface area contributed by atoms with Crippen LogP contribution >= 0.6 is 24.8 Å². The van der Waals surface area contributed by atoms with Crippen LogP contribution in [-0.4, -0.2) is 67.7 Å². The predicted octanol–water partition coefficient (Wildman–Crippen LogP) is 3.98. The molecule has 35 heavy (non-hydrogen) atoms. The van der Waals surface area contributed by atoms with E-state index in [1.165, 1.54) is 19.6 Å². The molecule has 190 valence electrons. The molecule has 3 N–H and O–H groups in total. The zero-order chi connectivity index (χ0) is 22.9. The number of benzene rings is 1. The highest BCUT2D eigenvalue weighted by Crippen LogP contribution is 2.33. The van der Waals surface area contributed by atoms with Crippen molar-refractivity contribution in [3.05, 3.63) is 47.5 Å². The molecule has 3 aromatic rings. The van der Waals surface area contributed by atoms with Crippen LogP contribution in [0, 0.1) is 5.82 Å². The van der Waals surface area contributed by atoms with Crippen molar-refractivity contribution in [3.8, 4) is 5.75 Å². The third-order valence-electron chi connectivity index (χ3n) is 6.61. The fourth-order valence-electron chi connectivity index (χ4n) is 4.83. The molecule has 2 aliphatic rings. The lowest BCUT2D eigenvalue weighted by Crippen LogP contribution is -2.43. The zero-order valence-electron chi connectivity index (χ0n) is 19.8. The van der Waals surface area contributed by atoms with Gasteiger partial charge in [-0.1, -0.05) is 0 Å². The maximum absolute atomic E-state index is 15.1. The molecule has 5 rings (SSSR count). The van der Waals surface area contributed by atoms with Crippen molar-refractivity contribution in [2.24, 2.45) is 0 Å². The normalized spacial score (nSPS) is 18.1. The minimum atomic E-state index is -0.618. The molecular formula is C24H31Cl2FN6O2. The second kappa shape index (κ2) is 11.4. The van der Waals surface area contributed by atoms with Crippen molar-refractivity contribution in [2.45, 2.75) is 18.9 Å². The Hall–Kier alpha value is -2.59. The maximum Gasteiger partial charge on any atom is 0.263 e. The van der Waals surface area contributed by atoms with Crippen LogP contribution in [0.15, 0.2) is 30.5 Å². The molecule has 1 amide bonds. The number of methoxy groups -OCH3 is 1. The Morgan fingerprint density at radius 2 is 1.94 bits per heavy atom. The number of H-pyrrole nitrogens is 1. The molecule has 0 aliphatic carbocycles. The summed E-state index contributed by atoms with van der Waals surface area (Å²) >= 11 is 0. The number of halogens is 3. The Kier molecular flexibility index (Phi) is 8.82. The Labute approximate surface area is 216 Å². The Bertz CT molecular complexity index is 1180. The number of nitrogens with one attached hydrogen (secondary N) is 3. The van der Waals surface area contributed by atoms with Crippen LogP contribution < -0.4 is 20.3 Å². The summed E-state index contributed by atoms with van der Waals surface area (Å²) in [7, 11) is 3.57. The van der Waals surface area contributed by atoms with E-state index in [9.17, 15) is 4.79 Å². The van der Waals surface area contributed by atoms with E-state index >= 15 is 4.39 Å². The fourth-order valence-corrected chi connectivity index (χ4v) is 4.83. The quantitative estimate of drug-likeness (QED) is 0.468. The third kappa shape index (κ3) is 5.48. The summed E-state index contributed by atoms with van der Waals surface area (Å²) in [4.78, 5) is 25.2. The van der Waals surface area contributed by atoms with E-state index in [1.54, 1.807) is 18.3 Å². The van der Waals surface area contributed by atoms with E-state index in [2.05, 4.69) is 43.5 Å². The summed E-state index contributed by atoms with van der Waals surface area (Å²) in [6.07, 6.45) is 4.02. The first kappa shape index (κ1) is 27.0. The Morgan fingerprint density at radius 1 is 1.17 bits per heavy atom. The van der Waals surface area contributed by atoms with E-state index in [0.717, 1.165) is 55.7 Å². The first-order valence-electron chi connectivity index (χ1n) is 11.4. The van der Waals surface area contributed by atoms with Gasteiger partial charge >= 0.3 is 0 Å². The SMILES string of the molecule is COc1cc(N2CCNCC2)cc(F)c1C(=O)Nc1cc2[nH]c([C@H]3CCCN3C)cc2cn1.Cl.Cl. The molecule has 2 aromatic heterocycles. The number of piperazine rings is 1. The molecular weight excluding hydrogens is 494 g/mol. The van der Waals surface area contributed by atoms with Crippen LogP contribution in [0.4, 0.5) is 15.9 Å². The first-order valence-corrected chi connectivity index (χ1v) is 11.4. The predicted molar refractivity (Wildman–Crippen MR) is 141 cm³/mol. The number of aromatic amines is 1. The van der Waals surface area contributed by atoms with Crippen molar-refractivity contribution < 1.29 is 13.9 Å². The Balaban J connectivity index is 0.00000171. The molecule has 0 saturated carbocycles. The molecule has 1 aromatic carbocycles. The first-order chi connectivity index (χ1) is 16.0. The summed E-state index contributed by atoms with van der Waals surface area (Å²) in [6, 6.07) is 7.37. The molecule has 2 fully saturated rings. The van der Waals surface area contributed by atoms with Crippen LogP contribution in [0.5, 0.6) is 5.75 Å². The van der Waals surface area contributed by atoms with Gasteiger partial charge in [0.15, 0.2) is 0 Å². The van der Waals surface area contributed by atoms with E-state index < -0.39 is 11.7 Å². The molecule has 11 heteroatoms. The average Bonchev–Trinajstić information content (AvgIpc) is 3.44. The second-order valence-corrected chi connectivity index (χ2v) is 8.72. The number of carbonyl (C=O) groups excluding carboxylic acids is 1. The van der Waals surface area contributed by atoms with Crippen LogP contribution in [0.2, 0.25) is 0 Å². The molecule has 0 unspecified atom stereocenters. The van der Waals surface area contributed by atoms with Gasteiger partial charge in [-0.05, 0) is 38.6 Å². The summed E-state index contributed by atoms with van der Waals surface area (Å²) in [5.41, 5.74) is 2.61. The van der Waals surface area contributed by atoms with Crippen LogP contribution in [0.3, 0.4) is 0 Å². The minimum absolute atomic E-state index is 0. The molecule has 2 saturated heterocycles. The minimum Gasteiger partial charge on any atom is -0.496 e. The molecule has 2 aliphatic heterocycles. The second-order valence-electron chi connectivity index (χ2n) is 8.72. The maximum atomic E-state index is 15.1. The van der Waals surface area contributed by atoms with E-state index in [4.69, 9.17) is 4.74 Å². The summed E-state index contributed by atoms with van der Waals surface area (Å²) < 4.78 is 20.4. The lowest BCUT2D eigenvalue weighted by molar-refractivity contribution is 0.101. The summed E-state index contributed by atoms with van der Waals surface area (Å²) in [5.74, 6) is -0.653. The number of aromatic nitrogens is 2. The number of carbonyl (C=O) groups is 1. The number of nitrogens with zero attached hydrogens (tertiary/aromatic N) is 3. The topological polar surface area (TPSA) is 85.5 Å². The lowest BCUT2D eigenvalue weighted by atomic mass is 10.1. The van der Waals surface area contributed by atoms with Gasteiger partial charge in [0, 0.05) is 67.3 Å². The van der Waals surface area contributed by atoms with Crippen LogP contribution in [0.25, 0.3) is 10.9 Å². The molecule has 0 spiro atoms. The van der Waals surface area contributed by atoms with Gasteiger partial charge in [-0.15, -0.1) is 24.8 Å². The van der Waals surface area contributed by atoms with Gasteiger partial charge in [0.1, 0.15) is 22.9 Å². The largest absolute Gasteiger partial charge is 0.496 e. The van der Waals surface area contributed by atoms with Crippen molar-refractivity contribution in [1.82, 2.24) is 20.2 Å².